The molecule has 3 atom stereocenters. The van der Waals surface area contributed by atoms with Gasteiger partial charge in [-0.2, -0.15) is 0 Å². The van der Waals surface area contributed by atoms with Crippen LogP contribution < -0.4 is 0 Å². The minimum Gasteiger partial charge on any atom is -0.380 e. The molecule has 1 saturated heterocycles. The van der Waals surface area contributed by atoms with E-state index in [1.54, 1.807) is 0 Å². The SMILES string of the molecule is CCC1(CC(=O)C2CC3C=CC2C3)COC1. The molecule has 0 radical (unpaired) electrons. The zero-order chi connectivity index (χ0) is 11.2. The van der Waals surface area contributed by atoms with Gasteiger partial charge in [-0.05, 0) is 31.1 Å². The van der Waals surface area contributed by atoms with Gasteiger partial charge in [-0.15, -0.1) is 0 Å². The molecule has 0 spiro atoms. The molecule has 0 amide bonds. The predicted octanol–water partition coefficient (Wildman–Crippen LogP) is 2.58. The summed E-state index contributed by atoms with van der Waals surface area (Å²) in [6, 6.07) is 0. The van der Waals surface area contributed by atoms with Gasteiger partial charge in [0, 0.05) is 17.8 Å². The van der Waals surface area contributed by atoms with E-state index in [9.17, 15) is 4.79 Å². The first-order chi connectivity index (χ1) is 7.72. The van der Waals surface area contributed by atoms with Crippen LogP contribution >= 0.6 is 0 Å². The van der Waals surface area contributed by atoms with E-state index >= 15 is 0 Å². The van der Waals surface area contributed by atoms with E-state index in [1.165, 1.54) is 6.42 Å². The molecule has 0 aromatic carbocycles. The summed E-state index contributed by atoms with van der Waals surface area (Å²) in [4.78, 5) is 12.3. The molecule has 0 N–H and O–H groups in total. The molecule has 3 rings (SSSR count). The number of Topliss-reactive ketones (excluding diaryl/α,β-unsaturated/α-hetero) is 1. The molecule has 0 aromatic heterocycles. The van der Waals surface area contributed by atoms with Crippen LogP contribution in [0.4, 0.5) is 0 Å². The maximum atomic E-state index is 12.3. The molecule has 3 aliphatic rings. The minimum absolute atomic E-state index is 0.197. The fraction of sp³-hybridized carbons (Fsp3) is 0.786. The fourth-order valence-electron chi connectivity index (χ4n) is 3.47. The van der Waals surface area contributed by atoms with Crippen LogP contribution in [0.1, 0.15) is 32.6 Å². The van der Waals surface area contributed by atoms with Crippen LogP contribution in [-0.4, -0.2) is 19.0 Å². The van der Waals surface area contributed by atoms with Crippen LogP contribution in [0.2, 0.25) is 0 Å². The third kappa shape index (κ3) is 1.55. The van der Waals surface area contributed by atoms with Crippen LogP contribution in [-0.2, 0) is 9.53 Å². The molecule has 2 nitrogen and oxygen atoms in total. The van der Waals surface area contributed by atoms with Crippen LogP contribution in [0, 0.1) is 23.2 Å². The Morgan fingerprint density at radius 1 is 1.38 bits per heavy atom. The van der Waals surface area contributed by atoms with Gasteiger partial charge in [0.15, 0.2) is 0 Å². The molecule has 1 saturated carbocycles. The van der Waals surface area contributed by atoms with Gasteiger partial charge in [-0.3, -0.25) is 4.79 Å². The summed E-state index contributed by atoms with van der Waals surface area (Å²) in [5.41, 5.74) is 0.197. The molecule has 1 heterocycles. The average molecular weight is 220 g/mol. The van der Waals surface area contributed by atoms with Crippen molar-refractivity contribution in [1.29, 1.82) is 0 Å². The highest BCUT2D eigenvalue weighted by Gasteiger charge is 2.44. The molecule has 2 bridgehead atoms. The molecule has 0 aromatic rings. The number of ether oxygens (including phenoxy) is 1. The van der Waals surface area contributed by atoms with Crippen molar-refractivity contribution in [1.82, 2.24) is 0 Å². The number of hydrogen-bond donors (Lipinski definition) is 0. The van der Waals surface area contributed by atoms with E-state index in [0.717, 1.165) is 32.5 Å². The second kappa shape index (κ2) is 3.69. The summed E-state index contributed by atoms with van der Waals surface area (Å²) in [5, 5.41) is 0. The number of carbonyl (C=O) groups excluding carboxylic acids is 1. The van der Waals surface area contributed by atoms with E-state index in [0.29, 0.717) is 23.5 Å². The first-order valence-electron chi connectivity index (χ1n) is 6.51. The number of allylic oxidation sites excluding steroid dienone is 2. The van der Waals surface area contributed by atoms with Crippen molar-refractivity contribution < 1.29 is 9.53 Å². The molecule has 2 heteroatoms. The summed E-state index contributed by atoms with van der Waals surface area (Å²) < 4.78 is 5.29. The molecule has 3 unspecified atom stereocenters. The van der Waals surface area contributed by atoms with Crippen molar-refractivity contribution in [3.8, 4) is 0 Å². The Bertz CT molecular complexity index is 322. The Morgan fingerprint density at radius 2 is 2.19 bits per heavy atom. The lowest BCUT2D eigenvalue weighted by Crippen LogP contribution is -2.44. The highest BCUT2D eigenvalue weighted by molar-refractivity contribution is 5.83. The average Bonchev–Trinajstić information content (AvgIpc) is 2.84. The first-order valence-corrected chi connectivity index (χ1v) is 6.51. The minimum atomic E-state index is 0.197. The maximum Gasteiger partial charge on any atom is 0.137 e. The van der Waals surface area contributed by atoms with Gasteiger partial charge in [-0.25, -0.2) is 0 Å². The number of rotatable bonds is 4. The zero-order valence-electron chi connectivity index (χ0n) is 9.95. The monoisotopic (exact) mass is 220 g/mol. The zero-order valence-corrected chi connectivity index (χ0v) is 9.95. The molecule has 1 aliphatic heterocycles. The Balaban J connectivity index is 1.63. The molecule has 2 fully saturated rings. The summed E-state index contributed by atoms with van der Waals surface area (Å²) >= 11 is 0. The topological polar surface area (TPSA) is 26.3 Å². The molecule has 88 valence electrons. The third-order valence-corrected chi connectivity index (χ3v) is 4.81. The molecular formula is C14H20O2. The van der Waals surface area contributed by atoms with Gasteiger partial charge < -0.3 is 4.74 Å². The van der Waals surface area contributed by atoms with Crippen molar-refractivity contribution >= 4 is 5.78 Å². The summed E-state index contributed by atoms with van der Waals surface area (Å²) in [5.74, 6) is 2.10. The van der Waals surface area contributed by atoms with Crippen molar-refractivity contribution in [2.24, 2.45) is 23.2 Å². The normalized spacial score (nSPS) is 38.7. The second-order valence-corrected chi connectivity index (χ2v) is 5.88. The van der Waals surface area contributed by atoms with Crippen LogP contribution in [0.15, 0.2) is 12.2 Å². The van der Waals surface area contributed by atoms with Crippen molar-refractivity contribution in [3.05, 3.63) is 12.2 Å². The maximum absolute atomic E-state index is 12.3. The van der Waals surface area contributed by atoms with E-state index in [4.69, 9.17) is 4.74 Å². The van der Waals surface area contributed by atoms with Gasteiger partial charge in [0.1, 0.15) is 5.78 Å². The first kappa shape index (κ1) is 10.5. The van der Waals surface area contributed by atoms with E-state index < -0.39 is 0 Å². The summed E-state index contributed by atoms with van der Waals surface area (Å²) in [7, 11) is 0. The van der Waals surface area contributed by atoms with Crippen LogP contribution in [0.25, 0.3) is 0 Å². The molecule has 2 aliphatic carbocycles. The summed E-state index contributed by atoms with van der Waals surface area (Å²) in [6.07, 6.45) is 8.75. The largest absolute Gasteiger partial charge is 0.380 e. The van der Waals surface area contributed by atoms with Crippen molar-refractivity contribution in [3.63, 3.8) is 0 Å². The lowest BCUT2D eigenvalue weighted by Gasteiger charge is -2.41. The predicted molar refractivity (Wildman–Crippen MR) is 62.0 cm³/mol. The van der Waals surface area contributed by atoms with Gasteiger partial charge in [0.05, 0.1) is 13.2 Å². The quantitative estimate of drug-likeness (QED) is 0.681. The smallest absolute Gasteiger partial charge is 0.137 e. The third-order valence-electron chi connectivity index (χ3n) is 4.81. The number of hydrogen-bond acceptors (Lipinski definition) is 2. The Kier molecular flexibility index (Phi) is 2.43. The number of carbonyl (C=O) groups is 1. The van der Waals surface area contributed by atoms with Crippen molar-refractivity contribution in [2.75, 3.05) is 13.2 Å². The van der Waals surface area contributed by atoms with Gasteiger partial charge in [0.2, 0.25) is 0 Å². The van der Waals surface area contributed by atoms with Gasteiger partial charge in [-0.1, -0.05) is 19.1 Å². The molecule has 16 heavy (non-hydrogen) atoms. The van der Waals surface area contributed by atoms with Crippen LogP contribution in [0.3, 0.4) is 0 Å². The standard InChI is InChI=1S/C14H20O2/c1-2-14(8-16-9-14)7-13(15)12-6-10-3-4-11(12)5-10/h3-4,10-12H,2,5-9H2,1H3. The Labute approximate surface area is 97.1 Å². The van der Waals surface area contributed by atoms with E-state index in [-0.39, 0.29) is 5.41 Å². The van der Waals surface area contributed by atoms with Gasteiger partial charge >= 0.3 is 0 Å². The van der Waals surface area contributed by atoms with Crippen molar-refractivity contribution in [2.45, 2.75) is 32.6 Å². The molecular weight excluding hydrogens is 200 g/mol. The Hall–Kier alpha value is -0.630. The number of ketones is 1. The fourth-order valence-corrected chi connectivity index (χ4v) is 3.47. The summed E-state index contributed by atoms with van der Waals surface area (Å²) in [6.45, 7) is 3.77. The second-order valence-electron chi connectivity index (χ2n) is 5.88. The van der Waals surface area contributed by atoms with Gasteiger partial charge in [0.25, 0.3) is 0 Å². The lowest BCUT2D eigenvalue weighted by molar-refractivity contribution is -0.145. The Morgan fingerprint density at radius 3 is 2.62 bits per heavy atom. The van der Waals surface area contributed by atoms with Crippen LogP contribution in [0.5, 0.6) is 0 Å². The highest BCUT2D eigenvalue weighted by Crippen LogP contribution is 2.46. The lowest BCUT2D eigenvalue weighted by atomic mass is 9.74. The highest BCUT2D eigenvalue weighted by atomic mass is 16.5. The van der Waals surface area contributed by atoms with E-state index in [2.05, 4.69) is 19.1 Å². The number of fused-ring (bicyclic) bond motifs is 2. The van der Waals surface area contributed by atoms with E-state index in [1.807, 2.05) is 0 Å².